The normalized spacial score (nSPS) is 22.9. The summed E-state index contributed by atoms with van der Waals surface area (Å²) in [5, 5.41) is 0. The predicted octanol–water partition coefficient (Wildman–Crippen LogP) is 3.95. The molecule has 0 radical (unpaired) electrons. The third kappa shape index (κ3) is 3.57. The first-order valence-corrected chi connectivity index (χ1v) is 8.23. The van der Waals surface area contributed by atoms with Crippen LogP contribution in [-0.2, 0) is 6.54 Å². The van der Waals surface area contributed by atoms with Crippen LogP contribution in [0.4, 0.5) is 0 Å². The van der Waals surface area contributed by atoms with Gasteiger partial charge in [-0.15, -0.1) is 0 Å². The molecule has 0 spiro atoms. The van der Waals surface area contributed by atoms with Gasteiger partial charge in [0.15, 0.2) is 0 Å². The lowest BCUT2D eigenvalue weighted by atomic mass is 9.92. The van der Waals surface area contributed by atoms with Crippen molar-refractivity contribution in [2.75, 3.05) is 20.6 Å². The van der Waals surface area contributed by atoms with E-state index in [-0.39, 0.29) is 0 Å². The molecule has 0 aliphatic carbocycles. The van der Waals surface area contributed by atoms with E-state index in [0.717, 1.165) is 13.1 Å². The van der Waals surface area contributed by atoms with Crippen molar-refractivity contribution >= 4 is 0 Å². The fourth-order valence-corrected chi connectivity index (χ4v) is 3.49. The molecule has 3 rings (SSSR count). The van der Waals surface area contributed by atoms with Crippen LogP contribution in [0.1, 0.15) is 30.0 Å². The van der Waals surface area contributed by atoms with Gasteiger partial charge in [-0.3, -0.25) is 4.90 Å². The van der Waals surface area contributed by atoms with Crippen LogP contribution in [0, 0.1) is 0 Å². The molecule has 1 aliphatic rings. The maximum Gasteiger partial charge on any atom is 0.0352 e. The minimum Gasteiger partial charge on any atom is -0.305 e. The molecule has 0 bridgehead atoms. The van der Waals surface area contributed by atoms with Crippen molar-refractivity contribution in [1.82, 2.24) is 9.80 Å². The Bertz CT molecular complexity index is 565. The average molecular weight is 294 g/mol. The lowest BCUT2D eigenvalue weighted by Gasteiger charge is -2.42. The fraction of sp³-hybridized carbons (Fsp3) is 0.400. The van der Waals surface area contributed by atoms with Gasteiger partial charge in [0, 0.05) is 25.2 Å². The first kappa shape index (κ1) is 15.3. The molecule has 2 nitrogen and oxygen atoms in total. The van der Waals surface area contributed by atoms with Crippen LogP contribution in [0.15, 0.2) is 60.7 Å². The Morgan fingerprint density at radius 1 is 0.909 bits per heavy atom. The lowest BCUT2D eigenvalue weighted by molar-refractivity contribution is 0.0758. The van der Waals surface area contributed by atoms with Crippen LogP contribution in [0.25, 0.3) is 0 Å². The van der Waals surface area contributed by atoms with Crippen LogP contribution in [0.3, 0.4) is 0 Å². The maximum absolute atomic E-state index is 2.65. The van der Waals surface area contributed by atoms with E-state index >= 15 is 0 Å². The summed E-state index contributed by atoms with van der Waals surface area (Å²) in [6, 6.07) is 23.0. The zero-order valence-electron chi connectivity index (χ0n) is 13.7. The summed E-state index contributed by atoms with van der Waals surface area (Å²) in [5.41, 5.74) is 2.86. The highest BCUT2D eigenvalue weighted by Gasteiger charge is 2.30. The second-order valence-corrected chi connectivity index (χ2v) is 6.54. The number of benzene rings is 2. The van der Waals surface area contributed by atoms with Gasteiger partial charge in [-0.25, -0.2) is 0 Å². The Morgan fingerprint density at radius 3 is 2.18 bits per heavy atom. The number of likely N-dealkylation sites (tertiary alicyclic amines) is 1. The second-order valence-electron chi connectivity index (χ2n) is 6.54. The molecule has 116 valence electrons. The van der Waals surface area contributed by atoms with Crippen LogP contribution >= 0.6 is 0 Å². The quantitative estimate of drug-likeness (QED) is 0.842. The number of hydrogen-bond donors (Lipinski definition) is 0. The molecule has 0 N–H and O–H groups in total. The van der Waals surface area contributed by atoms with E-state index in [4.69, 9.17) is 0 Å². The summed E-state index contributed by atoms with van der Waals surface area (Å²) >= 11 is 0. The number of piperidine rings is 1. The second kappa shape index (κ2) is 7.08. The molecule has 1 saturated heterocycles. The summed E-state index contributed by atoms with van der Waals surface area (Å²) in [5.74, 6) is 0. The predicted molar refractivity (Wildman–Crippen MR) is 92.7 cm³/mol. The molecule has 2 atom stereocenters. The van der Waals surface area contributed by atoms with E-state index in [9.17, 15) is 0 Å². The first-order valence-electron chi connectivity index (χ1n) is 8.23. The standard InChI is InChI=1S/C20H26N2/c1-21(2)19-13-14-20(18-11-7-4-8-12-18)22(16-19)15-17-9-5-3-6-10-17/h3-12,19-20H,13-16H2,1-2H3/t19-,20+/m1/s1. The van der Waals surface area contributed by atoms with Gasteiger partial charge in [0.25, 0.3) is 0 Å². The number of rotatable bonds is 4. The van der Waals surface area contributed by atoms with Crippen LogP contribution in [0.5, 0.6) is 0 Å². The highest BCUT2D eigenvalue weighted by atomic mass is 15.2. The van der Waals surface area contributed by atoms with Gasteiger partial charge in [-0.1, -0.05) is 60.7 Å². The van der Waals surface area contributed by atoms with E-state index in [1.807, 2.05) is 0 Å². The van der Waals surface area contributed by atoms with Crippen molar-refractivity contribution in [1.29, 1.82) is 0 Å². The molecule has 1 fully saturated rings. The van der Waals surface area contributed by atoms with E-state index in [1.165, 1.54) is 24.0 Å². The minimum atomic E-state index is 0.539. The van der Waals surface area contributed by atoms with Gasteiger partial charge in [0.2, 0.25) is 0 Å². The van der Waals surface area contributed by atoms with E-state index in [2.05, 4.69) is 84.6 Å². The Morgan fingerprint density at radius 2 is 1.55 bits per heavy atom. The maximum atomic E-state index is 2.65. The highest BCUT2D eigenvalue weighted by Crippen LogP contribution is 2.33. The van der Waals surface area contributed by atoms with E-state index < -0.39 is 0 Å². The van der Waals surface area contributed by atoms with Crippen molar-refractivity contribution in [2.24, 2.45) is 0 Å². The summed E-state index contributed by atoms with van der Waals surface area (Å²) < 4.78 is 0. The average Bonchev–Trinajstić information content (AvgIpc) is 2.56. The molecule has 22 heavy (non-hydrogen) atoms. The smallest absolute Gasteiger partial charge is 0.0352 e. The third-order valence-electron chi connectivity index (χ3n) is 4.80. The largest absolute Gasteiger partial charge is 0.305 e. The molecule has 2 aromatic rings. The van der Waals surface area contributed by atoms with Crippen molar-refractivity contribution in [3.8, 4) is 0 Å². The highest BCUT2D eigenvalue weighted by molar-refractivity contribution is 5.21. The van der Waals surface area contributed by atoms with E-state index in [1.54, 1.807) is 0 Å². The number of hydrogen-bond acceptors (Lipinski definition) is 2. The molecule has 0 amide bonds. The third-order valence-corrected chi connectivity index (χ3v) is 4.80. The Hall–Kier alpha value is -1.64. The Labute approximate surface area is 134 Å². The molecule has 2 aromatic carbocycles. The monoisotopic (exact) mass is 294 g/mol. The van der Waals surface area contributed by atoms with Gasteiger partial charge >= 0.3 is 0 Å². The Kier molecular flexibility index (Phi) is 4.91. The van der Waals surface area contributed by atoms with Crippen LogP contribution in [-0.4, -0.2) is 36.5 Å². The summed E-state index contributed by atoms with van der Waals surface area (Å²) in [6.07, 6.45) is 2.51. The molecule has 0 aromatic heterocycles. The molecular formula is C20H26N2. The molecule has 1 heterocycles. The topological polar surface area (TPSA) is 6.48 Å². The van der Waals surface area contributed by atoms with E-state index in [0.29, 0.717) is 12.1 Å². The molecular weight excluding hydrogens is 268 g/mol. The van der Waals surface area contributed by atoms with Crippen molar-refractivity contribution in [3.63, 3.8) is 0 Å². The first-order chi connectivity index (χ1) is 10.7. The van der Waals surface area contributed by atoms with Crippen molar-refractivity contribution < 1.29 is 0 Å². The number of nitrogens with zero attached hydrogens (tertiary/aromatic N) is 2. The zero-order valence-corrected chi connectivity index (χ0v) is 13.7. The zero-order chi connectivity index (χ0) is 15.4. The number of likely N-dealkylation sites (N-methyl/N-ethyl adjacent to an activating group) is 1. The van der Waals surface area contributed by atoms with Gasteiger partial charge in [0.1, 0.15) is 0 Å². The Balaban J connectivity index is 1.81. The van der Waals surface area contributed by atoms with Crippen LogP contribution < -0.4 is 0 Å². The lowest BCUT2D eigenvalue weighted by Crippen LogP contribution is -2.46. The van der Waals surface area contributed by atoms with Crippen molar-refractivity contribution in [3.05, 3.63) is 71.8 Å². The molecule has 0 unspecified atom stereocenters. The SMILES string of the molecule is CN(C)[C@@H]1CC[C@@H](c2ccccc2)N(Cc2ccccc2)C1. The molecule has 2 heteroatoms. The van der Waals surface area contributed by atoms with Crippen LogP contribution in [0.2, 0.25) is 0 Å². The van der Waals surface area contributed by atoms with Gasteiger partial charge < -0.3 is 4.90 Å². The fourth-order valence-electron chi connectivity index (χ4n) is 3.49. The van der Waals surface area contributed by atoms with Gasteiger partial charge in [0.05, 0.1) is 0 Å². The summed E-state index contributed by atoms with van der Waals surface area (Å²) in [4.78, 5) is 5.03. The summed E-state index contributed by atoms with van der Waals surface area (Å²) in [7, 11) is 4.41. The minimum absolute atomic E-state index is 0.539. The molecule has 1 aliphatic heterocycles. The van der Waals surface area contributed by atoms with Crippen molar-refractivity contribution in [2.45, 2.75) is 31.5 Å². The van der Waals surface area contributed by atoms with Gasteiger partial charge in [-0.2, -0.15) is 0 Å². The summed E-state index contributed by atoms with van der Waals surface area (Å²) in [6.45, 7) is 2.17. The van der Waals surface area contributed by atoms with Gasteiger partial charge in [-0.05, 0) is 38.1 Å². The molecule has 0 saturated carbocycles.